The molecule has 0 radical (unpaired) electrons. The van der Waals surface area contributed by atoms with Crippen molar-refractivity contribution in [3.05, 3.63) is 73.4 Å². The van der Waals surface area contributed by atoms with E-state index >= 15 is 0 Å². The molecule has 3 rings (SSSR count). The van der Waals surface area contributed by atoms with Crippen molar-refractivity contribution in [2.45, 2.75) is 47.8 Å². The smallest absolute Gasteiger partial charge is 0.349 e. The second-order valence-electron chi connectivity index (χ2n) is 8.27. The highest BCUT2D eigenvalue weighted by molar-refractivity contribution is 6.32. The minimum absolute atomic E-state index is 0.115. The number of aryl methyl sites for hydroxylation is 2. The van der Waals surface area contributed by atoms with Crippen LogP contribution in [0.25, 0.3) is 17.0 Å². The first-order valence-corrected chi connectivity index (χ1v) is 10.7. The Hall–Kier alpha value is -3.30. The summed E-state index contributed by atoms with van der Waals surface area (Å²) < 4.78 is 12.8. The molecule has 166 valence electrons. The first-order valence-electron chi connectivity index (χ1n) is 10.3. The molecule has 0 atom stereocenters. The lowest BCUT2D eigenvalue weighted by atomic mass is 10.1. The number of hydrogen-bond donors (Lipinski definition) is 0. The van der Waals surface area contributed by atoms with Crippen LogP contribution >= 0.6 is 11.6 Å². The van der Waals surface area contributed by atoms with Crippen molar-refractivity contribution in [3.63, 3.8) is 0 Å². The molecular weight excluding hydrogens is 428 g/mol. The Labute approximate surface area is 191 Å². The maximum absolute atomic E-state index is 12.6. The van der Waals surface area contributed by atoms with Gasteiger partial charge in [0, 0.05) is 40.0 Å². The molecule has 3 aromatic rings. The molecule has 0 saturated heterocycles. The van der Waals surface area contributed by atoms with Crippen LogP contribution in [-0.2, 0) is 22.7 Å². The molecule has 0 saturated carbocycles. The highest BCUT2D eigenvalue weighted by Crippen LogP contribution is 2.26. The quantitative estimate of drug-likeness (QED) is 0.214. The summed E-state index contributed by atoms with van der Waals surface area (Å²) in [5.41, 5.74) is 3.75. The van der Waals surface area contributed by atoms with E-state index in [0.717, 1.165) is 29.1 Å². The van der Waals surface area contributed by atoms with E-state index in [4.69, 9.17) is 20.8 Å². The summed E-state index contributed by atoms with van der Waals surface area (Å²) >= 11 is 6.20. The minimum Gasteiger partial charge on any atom is -0.457 e. The van der Waals surface area contributed by atoms with Crippen molar-refractivity contribution in [1.29, 1.82) is 5.26 Å². The molecule has 0 N–H and O–H groups in total. The Morgan fingerprint density at radius 1 is 1.25 bits per heavy atom. The maximum atomic E-state index is 12.6. The van der Waals surface area contributed by atoms with E-state index in [1.807, 2.05) is 26.0 Å². The van der Waals surface area contributed by atoms with E-state index in [1.54, 1.807) is 25.1 Å². The summed E-state index contributed by atoms with van der Waals surface area (Å²) in [6.45, 7) is 10.7. The Balaban J connectivity index is 1.87. The van der Waals surface area contributed by atoms with Crippen molar-refractivity contribution in [1.82, 2.24) is 4.57 Å². The van der Waals surface area contributed by atoms with Gasteiger partial charge in [0.25, 0.3) is 0 Å². The van der Waals surface area contributed by atoms with Crippen LogP contribution in [0.2, 0.25) is 5.02 Å². The van der Waals surface area contributed by atoms with E-state index in [0.29, 0.717) is 27.5 Å². The van der Waals surface area contributed by atoms with Gasteiger partial charge in [0.15, 0.2) is 0 Å². The fraction of sp³-hybridized carbons (Fsp3) is 0.320. The van der Waals surface area contributed by atoms with Gasteiger partial charge < -0.3 is 13.7 Å². The number of nitriles is 1. The second-order valence-corrected chi connectivity index (χ2v) is 8.67. The van der Waals surface area contributed by atoms with E-state index in [9.17, 15) is 14.9 Å². The van der Waals surface area contributed by atoms with Crippen molar-refractivity contribution < 1.29 is 13.9 Å². The molecule has 32 heavy (non-hydrogen) atoms. The van der Waals surface area contributed by atoms with Gasteiger partial charge in [-0.15, -0.1) is 0 Å². The van der Waals surface area contributed by atoms with Crippen molar-refractivity contribution >= 4 is 34.6 Å². The minimum atomic E-state index is -0.763. The first kappa shape index (κ1) is 23.4. The standard InChI is InChI=1S/C25H25ClN2O4/c1-14(2)12-28-16(4)7-18(17(28)5)8-19(11-27)25(30)31-13-20-9-24(29)32-23-6-15(3)22(26)10-21(20)23/h6-10,14H,12-13H2,1-5H3. The van der Waals surface area contributed by atoms with Crippen LogP contribution in [0, 0.1) is 38.0 Å². The number of rotatable bonds is 6. The molecule has 2 aromatic heterocycles. The van der Waals surface area contributed by atoms with E-state index < -0.39 is 11.6 Å². The van der Waals surface area contributed by atoms with E-state index in [2.05, 4.69) is 18.4 Å². The number of fused-ring (bicyclic) bond motifs is 1. The molecule has 6 nitrogen and oxygen atoms in total. The average molecular weight is 453 g/mol. The molecule has 0 unspecified atom stereocenters. The zero-order valence-electron chi connectivity index (χ0n) is 18.8. The molecule has 0 spiro atoms. The summed E-state index contributed by atoms with van der Waals surface area (Å²) in [5.74, 6) is -0.298. The molecule has 1 aromatic carbocycles. The highest BCUT2D eigenvalue weighted by atomic mass is 35.5. The van der Waals surface area contributed by atoms with Gasteiger partial charge in [0.1, 0.15) is 23.8 Å². The third kappa shape index (κ3) is 4.95. The molecular formula is C25H25ClN2O4. The van der Waals surface area contributed by atoms with Gasteiger partial charge in [-0.25, -0.2) is 9.59 Å². The lowest BCUT2D eigenvalue weighted by Gasteiger charge is -2.12. The Morgan fingerprint density at radius 2 is 1.97 bits per heavy atom. The van der Waals surface area contributed by atoms with Gasteiger partial charge in [0.05, 0.1) is 0 Å². The normalized spacial score (nSPS) is 11.8. The predicted molar refractivity (Wildman–Crippen MR) is 124 cm³/mol. The topological polar surface area (TPSA) is 85.2 Å². The third-order valence-corrected chi connectivity index (χ3v) is 5.68. The summed E-state index contributed by atoms with van der Waals surface area (Å²) in [5, 5.41) is 10.6. The number of benzene rings is 1. The fourth-order valence-electron chi connectivity index (χ4n) is 3.60. The largest absolute Gasteiger partial charge is 0.457 e. The van der Waals surface area contributed by atoms with Crippen LogP contribution in [-0.4, -0.2) is 10.5 Å². The lowest BCUT2D eigenvalue weighted by Crippen LogP contribution is -2.09. The van der Waals surface area contributed by atoms with E-state index in [1.165, 1.54) is 6.07 Å². The van der Waals surface area contributed by atoms with Crippen LogP contribution in [0.1, 0.15) is 41.9 Å². The maximum Gasteiger partial charge on any atom is 0.349 e. The summed E-state index contributed by atoms with van der Waals surface area (Å²) in [7, 11) is 0. The zero-order chi connectivity index (χ0) is 23.6. The average Bonchev–Trinajstić information content (AvgIpc) is 2.98. The lowest BCUT2D eigenvalue weighted by molar-refractivity contribution is -0.139. The summed E-state index contributed by atoms with van der Waals surface area (Å²) in [4.78, 5) is 24.5. The predicted octanol–water partition coefficient (Wildman–Crippen LogP) is 5.48. The highest BCUT2D eigenvalue weighted by Gasteiger charge is 2.16. The van der Waals surface area contributed by atoms with Gasteiger partial charge in [-0.2, -0.15) is 5.26 Å². The number of esters is 1. The number of hydrogen-bond acceptors (Lipinski definition) is 5. The summed E-state index contributed by atoms with van der Waals surface area (Å²) in [6, 6.07) is 8.47. The monoisotopic (exact) mass is 452 g/mol. The second kappa shape index (κ2) is 9.46. The van der Waals surface area contributed by atoms with Gasteiger partial charge >= 0.3 is 11.6 Å². The van der Waals surface area contributed by atoms with E-state index in [-0.39, 0.29) is 12.2 Å². The number of ether oxygens (including phenoxy) is 1. The fourth-order valence-corrected chi connectivity index (χ4v) is 3.76. The number of carbonyl (C=O) groups is 1. The molecule has 0 bridgehead atoms. The number of halogens is 1. The molecule has 0 fully saturated rings. The molecule has 0 aliphatic carbocycles. The molecule has 0 aliphatic rings. The van der Waals surface area contributed by atoms with Crippen LogP contribution < -0.4 is 5.63 Å². The Kier molecular flexibility index (Phi) is 6.90. The van der Waals surface area contributed by atoms with Gasteiger partial charge in [-0.05, 0) is 62.1 Å². The molecule has 2 heterocycles. The van der Waals surface area contributed by atoms with Crippen molar-refractivity contribution in [3.8, 4) is 6.07 Å². The number of aromatic nitrogens is 1. The van der Waals surface area contributed by atoms with Gasteiger partial charge in [0.2, 0.25) is 0 Å². The van der Waals surface area contributed by atoms with Crippen LogP contribution in [0.3, 0.4) is 0 Å². The third-order valence-electron chi connectivity index (χ3n) is 5.27. The zero-order valence-corrected chi connectivity index (χ0v) is 19.5. The Morgan fingerprint density at radius 3 is 2.62 bits per heavy atom. The van der Waals surface area contributed by atoms with Crippen molar-refractivity contribution in [2.24, 2.45) is 5.92 Å². The van der Waals surface area contributed by atoms with Crippen molar-refractivity contribution in [2.75, 3.05) is 0 Å². The summed E-state index contributed by atoms with van der Waals surface area (Å²) in [6.07, 6.45) is 1.54. The Bertz CT molecular complexity index is 1320. The van der Waals surface area contributed by atoms with Crippen LogP contribution in [0.4, 0.5) is 0 Å². The van der Waals surface area contributed by atoms with Gasteiger partial charge in [-0.1, -0.05) is 25.4 Å². The molecule has 7 heteroatoms. The molecule has 0 amide bonds. The number of carbonyl (C=O) groups excluding carboxylic acids is 1. The van der Waals surface area contributed by atoms with Gasteiger partial charge in [-0.3, -0.25) is 0 Å². The SMILES string of the molecule is Cc1cc2oc(=O)cc(COC(=O)C(C#N)=Cc3cc(C)n(CC(C)C)c3C)c2cc1Cl. The molecule has 0 aliphatic heterocycles. The first-order chi connectivity index (χ1) is 15.1. The van der Waals surface area contributed by atoms with Crippen LogP contribution in [0.15, 0.2) is 39.1 Å². The van der Waals surface area contributed by atoms with Crippen LogP contribution in [0.5, 0.6) is 0 Å². The number of nitrogens with zero attached hydrogens (tertiary/aromatic N) is 2.